The summed E-state index contributed by atoms with van der Waals surface area (Å²) in [6, 6.07) is 7.75. The molecule has 9 heteroatoms. The van der Waals surface area contributed by atoms with Crippen molar-refractivity contribution in [2.24, 2.45) is 11.4 Å². The zero-order valence-corrected chi connectivity index (χ0v) is 14.8. The van der Waals surface area contributed by atoms with Gasteiger partial charge in [0.2, 0.25) is 4.80 Å². The summed E-state index contributed by atoms with van der Waals surface area (Å²) in [6.07, 6.45) is 0. The first-order chi connectivity index (χ1) is 10.8. The van der Waals surface area contributed by atoms with Crippen LogP contribution in [0.1, 0.15) is 0 Å². The summed E-state index contributed by atoms with van der Waals surface area (Å²) >= 11 is 13.4. The molecular weight excluding hydrogens is 382 g/mol. The lowest BCUT2D eigenvalue weighted by Gasteiger charge is -2.00. The molecule has 0 spiro atoms. The number of sulfonamides is 1. The number of rotatable bonds is 2. The van der Waals surface area contributed by atoms with E-state index < -0.39 is 15.8 Å². The third kappa shape index (κ3) is 3.01. The van der Waals surface area contributed by atoms with Gasteiger partial charge < -0.3 is 4.57 Å². The molecular formula is C14H9Cl2FN2O2S2. The molecule has 3 rings (SSSR count). The van der Waals surface area contributed by atoms with Gasteiger partial charge in [0.1, 0.15) is 5.82 Å². The van der Waals surface area contributed by atoms with E-state index in [-0.39, 0.29) is 9.70 Å². The van der Waals surface area contributed by atoms with Crippen LogP contribution in [0.25, 0.3) is 10.2 Å². The lowest BCUT2D eigenvalue weighted by atomic mass is 10.3. The minimum Gasteiger partial charge on any atom is -0.318 e. The van der Waals surface area contributed by atoms with E-state index in [9.17, 15) is 12.8 Å². The van der Waals surface area contributed by atoms with E-state index in [1.54, 1.807) is 23.7 Å². The predicted octanol–water partition coefficient (Wildman–Crippen LogP) is 3.98. The minimum atomic E-state index is -3.96. The van der Waals surface area contributed by atoms with Crippen molar-refractivity contribution in [1.29, 1.82) is 0 Å². The van der Waals surface area contributed by atoms with Gasteiger partial charge in [0.05, 0.1) is 25.2 Å². The molecule has 0 N–H and O–H groups in total. The van der Waals surface area contributed by atoms with Crippen LogP contribution in [0, 0.1) is 5.82 Å². The molecule has 0 saturated heterocycles. The summed E-state index contributed by atoms with van der Waals surface area (Å²) in [4.78, 5) is 0.132. The van der Waals surface area contributed by atoms with Gasteiger partial charge in [0, 0.05) is 7.05 Å². The van der Waals surface area contributed by atoms with Gasteiger partial charge in [-0.25, -0.2) is 4.39 Å². The molecule has 2 aromatic carbocycles. The summed E-state index contributed by atoms with van der Waals surface area (Å²) in [7, 11) is -2.31. The van der Waals surface area contributed by atoms with Crippen molar-refractivity contribution in [3.63, 3.8) is 0 Å². The zero-order chi connectivity index (χ0) is 16.8. The lowest BCUT2D eigenvalue weighted by Crippen LogP contribution is -2.13. The Bertz CT molecular complexity index is 1070. The van der Waals surface area contributed by atoms with E-state index in [4.69, 9.17) is 23.2 Å². The number of nitrogens with zero attached hydrogens (tertiary/aromatic N) is 2. The highest BCUT2D eigenvalue weighted by molar-refractivity contribution is 7.90. The van der Waals surface area contributed by atoms with E-state index in [1.807, 2.05) is 0 Å². The molecule has 120 valence electrons. The van der Waals surface area contributed by atoms with Gasteiger partial charge in [0.25, 0.3) is 10.0 Å². The number of fused-ring (bicyclic) bond motifs is 1. The summed E-state index contributed by atoms with van der Waals surface area (Å²) in [6.45, 7) is 0. The van der Waals surface area contributed by atoms with Gasteiger partial charge in [-0.3, -0.25) is 0 Å². The molecule has 0 aliphatic carbocycles. The van der Waals surface area contributed by atoms with Gasteiger partial charge in [0.15, 0.2) is 0 Å². The Labute approximate surface area is 145 Å². The quantitative estimate of drug-likeness (QED) is 0.664. The van der Waals surface area contributed by atoms with Crippen molar-refractivity contribution < 1.29 is 12.8 Å². The highest BCUT2D eigenvalue weighted by atomic mass is 35.5. The average molecular weight is 391 g/mol. The fourth-order valence-electron chi connectivity index (χ4n) is 2.03. The fraction of sp³-hybridized carbons (Fsp3) is 0.0714. The minimum absolute atomic E-state index is 0.0893. The molecule has 0 aliphatic heterocycles. The second-order valence-corrected chi connectivity index (χ2v) is 8.07. The average Bonchev–Trinajstić information content (AvgIpc) is 2.81. The molecule has 0 saturated carbocycles. The van der Waals surface area contributed by atoms with Crippen LogP contribution in [-0.4, -0.2) is 13.0 Å². The van der Waals surface area contributed by atoms with Crippen molar-refractivity contribution in [3.05, 3.63) is 57.1 Å². The van der Waals surface area contributed by atoms with Crippen LogP contribution in [0.15, 0.2) is 45.7 Å². The standard InChI is InChI=1S/C14H9Cl2FN2O2S2/c1-19-12-10(15)6-7-11(16)13(12)22-14(19)18-23(20,21)9-4-2-8(17)3-5-9/h2-7H,1H3. The smallest absolute Gasteiger partial charge is 0.285 e. The third-order valence-corrected chi connectivity index (χ3v) is 6.45. The molecule has 1 heterocycles. The van der Waals surface area contributed by atoms with Crippen LogP contribution in [-0.2, 0) is 17.1 Å². The molecule has 0 unspecified atom stereocenters. The van der Waals surface area contributed by atoms with Gasteiger partial charge in [-0.2, -0.15) is 8.42 Å². The predicted molar refractivity (Wildman–Crippen MR) is 90.0 cm³/mol. The number of halogens is 3. The first kappa shape index (κ1) is 16.4. The number of hydrogen-bond donors (Lipinski definition) is 0. The molecule has 4 nitrogen and oxygen atoms in total. The maximum Gasteiger partial charge on any atom is 0.285 e. The maximum absolute atomic E-state index is 12.9. The van der Waals surface area contributed by atoms with Crippen molar-refractivity contribution in [1.82, 2.24) is 4.57 Å². The highest BCUT2D eigenvalue weighted by Gasteiger charge is 2.16. The van der Waals surface area contributed by atoms with Crippen LogP contribution in [0.2, 0.25) is 10.0 Å². The SMILES string of the molecule is Cn1c(=NS(=O)(=O)c2ccc(F)cc2)sc2c(Cl)ccc(Cl)c21. The number of benzene rings is 2. The summed E-state index contributed by atoms with van der Waals surface area (Å²) in [5, 5.41) is 0.911. The van der Waals surface area contributed by atoms with Crippen molar-refractivity contribution in [3.8, 4) is 0 Å². The lowest BCUT2D eigenvalue weighted by molar-refractivity contribution is 0.595. The second kappa shape index (κ2) is 5.90. The number of hydrogen-bond acceptors (Lipinski definition) is 3. The van der Waals surface area contributed by atoms with Gasteiger partial charge in [-0.05, 0) is 36.4 Å². The maximum atomic E-state index is 12.9. The van der Waals surface area contributed by atoms with Crippen LogP contribution in [0.3, 0.4) is 0 Å². The van der Waals surface area contributed by atoms with Crippen LogP contribution in [0.4, 0.5) is 4.39 Å². The molecule has 0 bridgehead atoms. The van der Waals surface area contributed by atoms with Gasteiger partial charge in [-0.1, -0.05) is 34.5 Å². The first-order valence-electron chi connectivity index (χ1n) is 6.30. The van der Waals surface area contributed by atoms with E-state index in [2.05, 4.69) is 4.40 Å². The Kier molecular flexibility index (Phi) is 4.22. The second-order valence-electron chi connectivity index (χ2n) is 4.67. The Balaban J connectivity index is 2.26. The largest absolute Gasteiger partial charge is 0.318 e. The van der Waals surface area contributed by atoms with E-state index in [0.29, 0.717) is 20.3 Å². The summed E-state index contributed by atoms with van der Waals surface area (Å²) < 4.78 is 43.7. The van der Waals surface area contributed by atoms with Crippen LogP contribution >= 0.6 is 34.5 Å². The Hall–Kier alpha value is -1.41. The number of aromatic nitrogens is 1. The normalized spacial score (nSPS) is 13.0. The van der Waals surface area contributed by atoms with E-state index in [0.717, 1.165) is 23.5 Å². The molecule has 0 amide bonds. The first-order valence-corrected chi connectivity index (χ1v) is 9.31. The van der Waals surface area contributed by atoms with Crippen LogP contribution < -0.4 is 4.80 Å². The number of aryl methyl sites for hydroxylation is 1. The third-order valence-electron chi connectivity index (χ3n) is 3.16. The van der Waals surface area contributed by atoms with Crippen molar-refractivity contribution >= 4 is 54.8 Å². The monoisotopic (exact) mass is 390 g/mol. The Morgan fingerprint density at radius 1 is 1.09 bits per heavy atom. The summed E-state index contributed by atoms with van der Waals surface area (Å²) in [5.41, 5.74) is 0.609. The Morgan fingerprint density at radius 3 is 2.30 bits per heavy atom. The molecule has 0 aliphatic rings. The molecule has 3 aromatic rings. The molecule has 0 fully saturated rings. The fourth-order valence-corrected chi connectivity index (χ4v) is 4.91. The van der Waals surface area contributed by atoms with Crippen molar-refractivity contribution in [2.75, 3.05) is 0 Å². The van der Waals surface area contributed by atoms with E-state index in [1.165, 1.54) is 12.1 Å². The molecule has 0 atom stereocenters. The zero-order valence-electron chi connectivity index (χ0n) is 11.6. The molecule has 0 radical (unpaired) electrons. The molecule has 1 aromatic heterocycles. The van der Waals surface area contributed by atoms with Crippen LogP contribution in [0.5, 0.6) is 0 Å². The number of thiazole rings is 1. The molecule has 23 heavy (non-hydrogen) atoms. The van der Waals surface area contributed by atoms with Gasteiger partial charge >= 0.3 is 0 Å². The van der Waals surface area contributed by atoms with Gasteiger partial charge in [-0.15, -0.1) is 4.40 Å². The van der Waals surface area contributed by atoms with E-state index >= 15 is 0 Å². The highest BCUT2D eigenvalue weighted by Crippen LogP contribution is 2.31. The topological polar surface area (TPSA) is 51.4 Å². The van der Waals surface area contributed by atoms with Crippen molar-refractivity contribution in [2.45, 2.75) is 4.90 Å². The summed E-state index contributed by atoms with van der Waals surface area (Å²) in [5.74, 6) is -0.519. The Morgan fingerprint density at radius 2 is 1.70 bits per heavy atom.